The molecule has 1 amide bonds. The third-order valence-corrected chi connectivity index (χ3v) is 4.00. The molecule has 0 unspecified atom stereocenters. The van der Waals surface area contributed by atoms with Gasteiger partial charge in [0.2, 0.25) is 5.91 Å². The zero-order valence-corrected chi connectivity index (χ0v) is 12.9. The largest absolute Gasteiger partial charge is 0.480 e. The maximum absolute atomic E-state index is 11.4. The van der Waals surface area contributed by atoms with Crippen LogP contribution in [0.2, 0.25) is 0 Å². The van der Waals surface area contributed by atoms with Gasteiger partial charge < -0.3 is 15.2 Å². The highest BCUT2D eigenvalue weighted by molar-refractivity contribution is 7.98. The van der Waals surface area contributed by atoms with E-state index in [1.807, 2.05) is 12.3 Å². The Labute approximate surface area is 125 Å². The molecular weight excluding hydrogens is 300 g/mol. The Morgan fingerprint density at radius 3 is 3.00 bits per heavy atom. The molecule has 1 aromatic heterocycles. The lowest BCUT2D eigenvalue weighted by Gasteiger charge is -2.05. The van der Waals surface area contributed by atoms with Gasteiger partial charge in [-0.15, -0.1) is 11.3 Å². The third kappa shape index (κ3) is 8.13. The van der Waals surface area contributed by atoms with Crippen LogP contribution in [-0.2, 0) is 20.1 Å². The van der Waals surface area contributed by atoms with Gasteiger partial charge in [-0.2, -0.15) is 11.8 Å². The number of aryl methyl sites for hydroxylation is 1. The number of nitrogens with zero attached hydrogens (tertiary/aromatic N) is 1. The van der Waals surface area contributed by atoms with Crippen molar-refractivity contribution in [1.82, 2.24) is 10.3 Å². The molecule has 1 aromatic rings. The number of carboxylic acids is 1. The Bertz CT molecular complexity index is 437. The summed E-state index contributed by atoms with van der Waals surface area (Å²) in [5, 5.41) is 14.1. The van der Waals surface area contributed by atoms with Gasteiger partial charge >= 0.3 is 5.97 Å². The summed E-state index contributed by atoms with van der Waals surface area (Å²) in [6.07, 6.45) is 0.437. The summed E-state index contributed by atoms with van der Waals surface area (Å²) in [4.78, 5) is 26.0. The van der Waals surface area contributed by atoms with Gasteiger partial charge in [-0.3, -0.25) is 4.79 Å². The molecule has 0 aliphatic rings. The van der Waals surface area contributed by atoms with Gasteiger partial charge in [-0.25, -0.2) is 9.78 Å². The van der Waals surface area contributed by atoms with E-state index in [1.165, 1.54) is 0 Å². The maximum Gasteiger partial charge on any atom is 0.329 e. The van der Waals surface area contributed by atoms with Gasteiger partial charge in [-0.1, -0.05) is 0 Å². The highest BCUT2D eigenvalue weighted by Gasteiger charge is 2.03. The molecule has 0 bridgehead atoms. The minimum Gasteiger partial charge on any atom is -0.480 e. The molecule has 0 aliphatic carbocycles. The van der Waals surface area contributed by atoms with Crippen molar-refractivity contribution >= 4 is 35.0 Å². The van der Waals surface area contributed by atoms with Crippen LogP contribution >= 0.6 is 23.1 Å². The highest BCUT2D eigenvalue weighted by Crippen LogP contribution is 2.15. The number of carboxylic acid groups (broad SMARTS) is 1. The first-order valence-corrected chi connectivity index (χ1v) is 8.16. The topological polar surface area (TPSA) is 88.5 Å². The van der Waals surface area contributed by atoms with Crippen LogP contribution in [0, 0.1) is 6.92 Å². The normalized spacial score (nSPS) is 10.4. The van der Waals surface area contributed by atoms with Crippen molar-refractivity contribution in [3.63, 3.8) is 0 Å². The minimum atomic E-state index is -1.01. The highest BCUT2D eigenvalue weighted by atomic mass is 32.2. The van der Waals surface area contributed by atoms with Crippen molar-refractivity contribution in [2.45, 2.75) is 19.1 Å². The summed E-state index contributed by atoms with van der Waals surface area (Å²) in [6.45, 7) is 2.18. The lowest BCUT2D eigenvalue weighted by Crippen LogP contribution is -2.28. The number of amides is 1. The van der Waals surface area contributed by atoms with Crippen molar-refractivity contribution < 1.29 is 19.4 Å². The first-order chi connectivity index (χ1) is 9.58. The van der Waals surface area contributed by atoms with Gasteiger partial charge in [0.05, 0.1) is 17.3 Å². The second kappa shape index (κ2) is 9.73. The van der Waals surface area contributed by atoms with Crippen LogP contribution in [0.1, 0.15) is 17.1 Å². The van der Waals surface area contributed by atoms with Crippen molar-refractivity contribution in [1.29, 1.82) is 0 Å². The monoisotopic (exact) mass is 318 g/mol. The average Bonchev–Trinajstić information content (AvgIpc) is 2.80. The van der Waals surface area contributed by atoms with Gasteiger partial charge in [0, 0.05) is 29.9 Å². The fraction of sp³-hybridized carbons (Fsp3) is 0.583. The summed E-state index contributed by atoms with van der Waals surface area (Å²) in [6, 6.07) is 0. The molecule has 0 fully saturated rings. The molecule has 1 rings (SSSR count). The van der Waals surface area contributed by atoms with Gasteiger partial charge in [0.1, 0.15) is 6.61 Å². The van der Waals surface area contributed by atoms with Crippen LogP contribution in [0.15, 0.2) is 5.38 Å². The van der Waals surface area contributed by atoms with E-state index < -0.39 is 5.97 Å². The molecule has 20 heavy (non-hydrogen) atoms. The van der Waals surface area contributed by atoms with Crippen LogP contribution in [-0.4, -0.2) is 47.5 Å². The Morgan fingerprint density at radius 1 is 1.55 bits per heavy atom. The van der Waals surface area contributed by atoms with E-state index in [0.29, 0.717) is 13.0 Å². The zero-order valence-electron chi connectivity index (χ0n) is 11.3. The number of ether oxygens (including phenoxy) is 1. The van der Waals surface area contributed by atoms with Crippen LogP contribution in [0.3, 0.4) is 0 Å². The molecule has 1 heterocycles. The number of aliphatic carboxylic acids is 1. The maximum atomic E-state index is 11.4. The summed E-state index contributed by atoms with van der Waals surface area (Å²) in [7, 11) is 0. The number of aromatic nitrogens is 1. The van der Waals surface area contributed by atoms with Gasteiger partial charge in [0.25, 0.3) is 0 Å². The molecular formula is C12H18N2O4S2. The lowest BCUT2D eigenvalue weighted by atomic mass is 10.4. The smallest absolute Gasteiger partial charge is 0.329 e. The Kier molecular flexibility index (Phi) is 8.24. The van der Waals surface area contributed by atoms with Crippen molar-refractivity contribution in [3.8, 4) is 0 Å². The molecule has 8 heteroatoms. The Morgan fingerprint density at radius 2 is 2.35 bits per heavy atom. The van der Waals surface area contributed by atoms with E-state index in [4.69, 9.17) is 9.84 Å². The standard InChI is InChI=1S/C12H18N2O4S2/c1-9-14-10(8-20-9)7-19-5-2-11(15)13-3-4-18-6-12(16)17/h8H,2-7H2,1H3,(H,13,15)(H,16,17). The van der Waals surface area contributed by atoms with Gasteiger partial charge in [0.15, 0.2) is 0 Å². The number of nitrogens with one attached hydrogen (secondary N) is 1. The molecule has 0 aliphatic heterocycles. The predicted molar refractivity (Wildman–Crippen MR) is 79.1 cm³/mol. The zero-order chi connectivity index (χ0) is 14.8. The molecule has 0 aromatic carbocycles. The van der Waals surface area contributed by atoms with Crippen molar-refractivity contribution in [3.05, 3.63) is 16.1 Å². The van der Waals surface area contributed by atoms with Crippen LogP contribution in [0.25, 0.3) is 0 Å². The first kappa shape index (κ1) is 16.9. The number of rotatable bonds is 10. The van der Waals surface area contributed by atoms with Crippen LogP contribution in [0.4, 0.5) is 0 Å². The van der Waals surface area contributed by atoms with E-state index in [1.54, 1.807) is 23.1 Å². The molecule has 2 N–H and O–H groups in total. The molecule has 112 valence electrons. The number of carbonyl (C=O) groups excluding carboxylic acids is 1. The van der Waals surface area contributed by atoms with E-state index in [-0.39, 0.29) is 19.1 Å². The van der Waals surface area contributed by atoms with E-state index in [9.17, 15) is 9.59 Å². The molecule has 6 nitrogen and oxygen atoms in total. The van der Waals surface area contributed by atoms with E-state index in [0.717, 1.165) is 22.2 Å². The molecule has 0 atom stereocenters. The number of thiazole rings is 1. The van der Waals surface area contributed by atoms with E-state index >= 15 is 0 Å². The predicted octanol–water partition coefficient (Wildman–Crippen LogP) is 1.29. The summed E-state index contributed by atoms with van der Waals surface area (Å²) < 4.78 is 4.80. The summed E-state index contributed by atoms with van der Waals surface area (Å²) in [5.41, 5.74) is 1.06. The Hall–Kier alpha value is -1.12. The quantitative estimate of drug-likeness (QED) is 0.632. The Balaban J connectivity index is 1.96. The number of carbonyl (C=O) groups is 2. The number of hydrogen-bond donors (Lipinski definition) is 2. The fourth-order valence-corrected chi connectivity index (χ4v) is 2.88. The number of thioether (sulfide) groups is 1. The second-order valence-electron chi connectivity index (χ2n) is 3.96. The molecule has 0 saturated heterocycles. The van der Waals surface area contributed by atoms with Crippen molar-refractivity contribution in [2.75, 3.05) is 25.5 Å². The van der Waals surface area contributed by atoms with Gasteiger partial charge in [-0.05, 0) is 6.92 Å². The third-order valence-electron chi connectivity index (χ3n) is 2.18. The summed E-state index contributed by atoms with van der Waals surface area (Å²) in [5.74, 6) is 0.494. The van der Waals surface area contributed by atoms with Crippen molar-refractivity contribution in [2.24, 2.45) is 0 Å². The van der Waals surface area contributed by atoms with E-state index in [2.05, 4.69) is 10.3 Å². The van der Waals surface area contributed by atoms with Crippen LogP contribution < -0.4 is 5.32 Å². The second-order valence-corrected chi connectivity index (χ2v) is 6.12. The minimum absolute atomic E-state index is 0.0501. The molecule has 0 spiro atoms. The first-order valence-electron chi connectivity index (χ1n) is 6.13. The average molecular weight is 318 g/mol. The summed E-state index contributed by atoms with van der Waals surface area (Å²) >= 11 is 3.30. The lowest BCUT2D eigenvalue weighted by molar-refractivity contribution is -0.142. The molecule has 0 radical (unpaired) electrons. The SMILES string of the molecule is Cc1nc(CSCCC(=O)NCCOCC(=O)O)cs1. The molecule has 0 saturated carbocycles. The van der Waals surface area contributed by atoms with Crippen LogP contribution in [0.5, 0.6) is 0 Å². The fourth-order valence-electron chi connectivity index (χ4n) is 1.33. The number of hydrogen-bond acceptors (Lipinski definition) is 6.